The summed E-state index contributed by atoms with van der Waals surface area (Å²) in [7, 11) is 0. The summed E-state index contributed by atoms with van der Waals surface area (Å²) in [6, 6.07) is 0. The highest BCUT2D eigenvalue weighted by Gasteiger charge is 2.43. The number of amides is 2. The van der Waals surface area contributed by atoms with Gasteiger partial charge in [0.05, 0.1) is 37.6 Å². The number of hydroxylamine groups is 2. The van der Waals surface area contributed by atoms with Crippen molar-refractivity contribution in [3.8, 4) is 0 Å². The molecule has 2 bridgehead atoms. The zero-order valence-electron chi connectivity index (χ0n) is 18.6. The molecule has 3 fully saturated rings. The zero-order valence-corrected chi connectivity index (χ0v) is 18.6. The Hall–Kier alpha value is -2.67. The van der Waals surface area contributed by atoms with Gasteiger partial charge in [-0.15, -0.1) is 0 Å². The van der Waals surface area contributed by atoms with Crippen molar-refractivity contribution in [3.05, 3.63) is 11.9 Å². The minimum absolute atomic E-state index is 0.149. The van der Waals surface area contributed by atoms with Gasteiger partial charge in [0, 0.05) is 13.1 Å². The van der Waals surface area contributed by atoms with Gasteiger partial charge in [-0.05, 0) is 49.9 Å². The first-order valence-corrected chi connectivity index (χ1v) is 11.5. The smallest absolute Gasteiger partial charge is 0.378 e. The van der Waals surface area contributed by atoms with Gasteiger partial charge in [0.1, 0.15) is 0 Å². The number of halogens is 3. The topological polar surface area (TPSA) is 120 Å². The lowest BCUT2D eigenvalue weighted by Crippen LogP contribution is -2.42. The van der Waals surface area contributed by atoms with Crippen molar-refractivity contribution in [2.24, 2.45) is 23.7 Å². The highest BCUT2D eigenvalue weighted by atomic mass is 19.4. The minimum atomic E-state index is -4.72. The molecule has 4 rings (SSSR count). The van der Waals surface area contributed by atoms with Gasteiger partial charge in [0.15, 0.2) is 5.69 Å². The maximum Gasteiger partial charge on any atom is 0.435 e. The summed E-state index contributed by atoms with van der Waals surface area (Å²) < 4.78 is 46.2. The Balaban J connectivity index is 1.44. The average Bonchev–Trinajstić information content (AvgIpc) is 3.40. The van der Waals surface area contributed by atoms with E-state index in [1.807, 2.05) is 0 Å². The van der Waals surface area contributed by atoms with Crippen LogP contribution in [0.25, 0.3) is 0 Å². The second kappa shape index (κ2) is 10.3. The van der Waals surface area contributed by atoms with Gasteiger partial charge in [-0.25, -0.2) is 15.0 Å². The van der Waals surface area contributed by atoms with Crippen LogP contribution in [-0.4, -0.2) is 65.4 Å². The van der Waals surface area contributed by atoms with E-state index in [1.165, 1.54) is 4.90 Å². The molecule has 3 N–H and O–H groups in total. The fraction of sp³-hybridized carbons (Fsp3) is 0.714. The molecule has 0 radical (unpaired) electrons. The summed E-state index contributed by atoms with van der Waals surface area (Å²) in [5.41, 5.74) is 3.47. The van der Waals surface area contributed by atoms with Crippen molar-refractivity contribution in [2.45, 2.75) is 38.3 Å². The van der Waals surface area contributed by atoms with E-state index in [0.717, 1.165) is 31.9 Å². The maximum absolute atomic E-state index is 13.7. The van der Waals surface area contributed by atoms with Gasteiger partial charge < -0.3 is 9.64 Å². The molecule has 0 unspecified atom stereocenters. The third-order valence-electron chi connectivity index (χ3n) is 7.17. The molecule has 34 heavy (non-hydrogen) atoms. The second-order valence-corrected chi connectivity index (χ2v) is 9.14. The number of carbonyl (C=O) groups excluding carboxylic acids is 2. The van der Waals surface area contributed by atoms with Gasteiger partial charge in [0.2, 0.25) is 18.3 Å². The first-order valence-electron chi connectivity index (χ1n) is 11.5. The van der Waals surface area contributed by atoms with Crippen LogP contribution in [0.1, 0.15) is 37.8 Å². The summed E-state index contributed by atoms with van der Waals surface area (Å²) in [4.78, 5) is 32.8. The SMILES string of the molecule is O=CN(O)C[C@@H](CC1C2CCC1CC2)C(=O)NNc1ncc(N2CCOCC2)c(C(F)(F)F)n1. The van der Waals surface area contributed by atoms with E-state index in [1.54, 1.807) is 0 Å². The van der Waals surface area contributed by atoms with Crippen molar-refractivity contribution in [1.29, 1.82) is 0 Å². The monoisotopic (exact) mass is 486 g/mol. The van der Waals surface area contributed by atoms with Crippen molar-refractivity contribution in [2.75, 3.05) is 43.2 Å². The molecular formula is C21H29F3N6O4. The van der Waals surface area contributed by atoms with E-state index >= 15 is 0 Å². The van der Waals surface area contributed by atoms with Gasteiger partial charge in [-0.2, -0.15) is 13.2 Å². The number of rotatable bonds is 9. The van der Waals surface area contributed by atoms with Crippen LogP contribution in [0.15, 0.2) is 6.20 Å². The molecule has 1 saturated heterocycles. The zero-order chi connectivity index (χ0) is 24.3. The molecule has 3 aliphatic rings. The molecule has 10 nitrogen and oxygen atoms in total. The molecule has 1 aromatic rings. The molecule has 1 aromatic heterocycles. The number of ether oxygens (including phenoxy) is 1. The third-order valence-corrected chi connectivity index (χ3v) is 7.17. The predicted octanol–water partition coefficient (Wildman–Crippen LogP) is 2.07. The first kappa shape index (κ1) is 24.5. The average molecular weight is 486 g/mol. The number of hydrogen-bond donors (Lipinski definition) is 3. The van der Waals surface area contributed by atoms with Crippen LogP contribution in [0.5, 0.6) is 0 Å². The predicted molar refractivity (Wildman–Crippen MR) is 113 cm³/mol. The summed E-state index contributed by atoms with van der Waals surface area (Å²) >= 11 is 0. The molecule has 1 atom stereocenters. The molecular weight excluding hydrogens is 457 g/mol. The highest BCUT2D eigenvalue weighted by Crippen LogP contribution is 2.51. The van der Waals surface area contributed by atoms with Gasteiger partial charge in [-0.3, -0.25) is 25.6 Å². The van der Waals surface area contributed by atoms with Crippen LogP contribution in [0.4, 0.5) is 24.8 Å². The van der Waals surface area contributed by atoms with E-state index in [-0.39, 0.29) is 31.7 Å². The Morgan fingerprint density at radius 1 is 1.26 bits per heavy atom. The van der Waals surface area contributed by atoms with Gasteiger partial charge >= 0.3 is 6.18 Å². The molecule has 188 valence electrons. The van der Waals surface area contributed by atoms with Crippen LogP contribution in [0, 0.1) is 23.7 Å². The van der Waals surface area contributed by atoms with Crippen molar-refractivity contribution < 1.29 is 32.7 Å². The van der Waals surface area contributed by atoms with Crippen LogP contribution in [-0.2, 0) is 20.5 Å². The van der Waals surface area contributed by atoms with E-state index < -0.39 is 29.6 Å². The fourth-order valence-electron chi connectivity index (χ4n) is 5.53. The lowest BCUT2D eigenvalue weighted by atomic mass is 9.86. The minimum Gasteiger partial charge on any atom is -0.378 e. The number of aromatic nitrogens is 2. The largest absolute Gasteiger partial charge is 0.435 e. The summed E-state index contributed by atoms with van der Waals surface area (Å²) in [6.07, 6.45) is 1.51. The van der Waals surface area contributed by atoms with E-state index in [2.05, 4.69) is 20.8 Å². The lowest BCUT2D eigenvalue weighted by Gasteiger charge is -2.30. The van der Waals surface area contributed by atoms with Crippen molar-refractivity contribution in [3.63, 3.8) is 0 Å². The normalized spacial score (nSPS) is 25.2. The van der Waals surface area contributed by atoms with Gasteiger partial charge in [-0.1, -0.05) is 0 Å². The third kappa shape index (κ3) is 5.52. The standard InChI is InChI=1S/C21H29F3N6O4/c22-21(23,24)18-17(29-5-7-34-8-6-29)10-25-20(26-18)28-27-19(32)15(11-30(33)12-31)9-16-13-1-2-14(16)4-3-13/h10,12-16,33H,1-9,11H2,(H,27,32)(H,25,26,28)/t13?,14?,15-,16?/m1/s1. The molecule has 2 aliphatic carbocycles. The summed E-state index contributed by atoms with van der Waals surface area (Å²) in [5.74, 6) is -0.306. The van der Waals surface area contributed by atoms with Crippen molar-refractivity contribution >= 4 is 24.0 Å². The number of nitrogens with zero attached hydrogens (tertiary/aromatic N) is 4. The Labute approximate surface area is 194 Å². The molecule has 0 aromatic carbocycles. The molecule has 2 amide bonds. The Morgan fingerprint density at radius 2 is 1.91 bits per heavy atom. The number of nitrogens with one attached hydrogen (secondary N) is 2. The number of hydrogen-bond acceptors (Lipinski definition) is 8. The number of carbonyl (C=O) groups is 2. The molecule has 2 heterocycles. The number of hydrazine groups is 1. The molecule has 0 spiro atoms. The Bertz CT molecular complexity index is 863. The van der Waals surface area contributed by atoms with E-state index in [4.69, 9.17) is 4.74 Å². The second-order valence-electron chi connectivity index (χ2n) is 9.14. The first-order chi connectivity index (χ1) is 16.3. The van der Waals surface area contributed by atoms with Crippen LogP contribution in [0.3, 0.4) is 0 Å². The van der Waals surface area contributed by atoms with Crippen LogP contribution >= 0.6 is 0 Å². The fourth-order valence-corrected chi connectivity index (χ4v) is 5.53. The van der Waals surface area contributed by atoms with E-state index in [9.17, 15) is 28.0 Å². The van der Waals surface area contributed by atoms with E-state index in [0.29, 0.717) is 42.5 Å². The van der Waals surface area contributed by atoms with Gasteiger partial charge in [0.25, 0.3) is 0 Å². The highest BCUT2D eigenvalue weighted by molar-refractivity contribution is 5.80. The number of alkyl halides is 3. The quantitative estimate of drug-likeness (QED) is 0.276. The number of fused-ring (bicyclic) bond motifs is 2. The maximum atomic E-state index is 13.7. The Morgan fingerprint density at radius 3 is 2.50 bits per heavy atom. The summed E-state index contributed by atoms with van der Waals surface area (Å²) in [5, 5.41) is 10.1. The molecule has 2 saturated carbocycles. The molecule has 1 aliphatic heterocycles. The molecule has 13 heteroatoms. The summed E-state index contributed by atoms with van der Waals surface area (Å²) in [6.45, 7) is 0.974. The number of anilines is 2. The number of morpholine rings is 1. The van der Waals surface area contributed by atoms with Crippen molar-refractivity contribution in [1.82, 2.24) is 20.5 Å². The Kier molecular flexibility index (Phi) is 7.41. The lowest BCUT2D eigenvalue weighted by molar-refractivity contribution is -0.155. The van der Waals surface area contributed by atoms with Crippen LogP contribution < -0.4 is 15.8 Å². The van der Waals surface area contributed by atoms with Crippen LogP contribution in [0.2, 0.25) is 0 Å².